The molecule has 0 bridgehead atoms. The number of benzene rings is 1. The first kappa shape index (κ1) is 18.6. The summed E-state index contributed by atoms with van der Waals surface area (Å²) in [4.78, 5) is 28.6. The molecule has 1 saturated heterocycles. The maximum absolute atomic E-state index is 12.8. The number of piperidine rings is 1. The number of carbonyl (C=O) groups excluding carboxylic acids is 2. The molecule has 0 radical (unpaired) electrons. The molecule has 3 heterocycles. The summed E-state index contributed by atoms with van der Waals surface area (Å²) in [5.74, 6) is 0.919. The number of hydrogen-bond acceptors (Lipinski definition) is 5. The molecule has 0 saturated carbocycles. The van der Waals surface area contributed by atoms with E-state index in [0.29, 0.717) is 37.8 Å². The number of ether oxygens (including phenoxy) is 1. The van der Waals surface area contributed by atoms with E-state index in [4.69, 9.17) is 9.15 Å². The van der Waals surface area contributed by atoms with Crippen LogP contribution in [-0.2, 0) is 16.1 Å². The molecule has 1 spiro atoms. The van der Waals surface area contributed by atoms with Gasteiger partial charge in [0, 0.05) is 33.7 Å². The predicted octanol–water partition coefficient (Wildman–Crippen LogP) is 2.88. The Balaban J connectivity index is 1.47. The molecule has 2 amide bonds. The molecular weight excluding hydrogens is 358 g/mol. The number of likely N-dealkylation sites (tertiary alicyclic amines) is 1. The van der Waals surface area contributed by atoms with E-state index in [9.17, 15) is 9.59 Å². The first-order valence-corrected chi connectivity index (χ1v) is 9.54. The number of para-hydroxylation sites is 2. The normalized spacial score (nSPS) is 17.9. The number of carbonyl (C=O) groups is 2. The van der Waals surface area contributed by atoms with Crippen molar-refractivity contribution in [2.45, 2.75) is 31.9 Å². The van der Waals surface area contributed by atoms with Crippen LogP contribution < -0.4 is 10.2 Å². The van der Waals surface area contributed by atoms with Crippen LogP contribution in [0.4, 0.5) is 11.4 Å². The zero-order valence-corrected chi connectivity index (χ0v) is 16.2. The van der Waals surface area contributed by atoms with Gasteiger partial charge in [0.2, 0.25) is 5.91 Å². The minimum atomic E-state index is -0.221. The Hall–Kier alpha value is -2.80. The highest BCUT2D eigenvalue weighted by Gasteiger charge is 2.42. The molecule has 0 unspecified atom stereocenters. The quantitative estimate of drug-likeness (QED) is 0.882. The lowest BCUT2D eigenvalue weighted by molar-refractivity contribution is -0.116. The third-order valence-corrected chi connectivity index (χ3v) is 5.60. The van der Waals surface area contributed by atoms with Gasteiger partial charge in [0.1, 0.15) is 12.4 Å². The van der Waals surface area contributed by atoms with E-state index in [1.54, 1.807) is 26.2 Å². The molecule has 148 valence electrons. The van der Waals surface area contributed by atoms with Gasteiger partial charge in [0.05, 0.1) is 16.9 Å². The van der Waals surface area contributed by atoms with Crippen molar-refractivity contribution in [3.8, 4) is 0 Å². The lowest BCUT2D eigenvalue weighted by Gasteiger charge is -2.48. The summed E-state index contributed by atoms with van der Waals surface area (Å²) in [6, 6.07) is 11.3. The van der Waals surface area contributed by atoms with Gasteiger partial charge in [-0.1, -0.05) is 12.1 Å². The van der Waals surface area contributed by atoms with Crippen molar-refractivity contribution in [3.63, 3.8) is 0 Å². The van der Waals surface area contributed by atoms with Crippen LogP contribution in [0.3, 0.4) is 0 Å². The van der Waals surface area contributed by atoms with E-state index in [0.717, 1.165) is 24.2 Å². The Morgan fingerprint density at radius 2 is 1.93 bits per heavy atom. The van der Waals surface area contributed by atoms with Gasteiger partial charge in [-0.15, -0.1) is 0 Å². The van der Waals surface area contributed by atoms with Crippen molar-refractivity contribution in [2.75, 3.05) is 37.0 Å². The highest BCUT2D eigenvalue weighted by atomic mass is 16.5. The fraction of sp³-hybridized carbons (Fsp3) is 0.429. The average molecular weight is 383 g/mol. The van der Waals surface area contributed by atoms with Gasteiger partial charge in [-0.3, -0.25) is 9.59 Å². The second-order valence-electron chi connectivity index (χ2n) is 7.52. The van der Waals surface area contributed by atoms with Crippen LogP contribution in [0.1, 0.15) is 36.1 Å². The summed E-state index contributed by atoms with van der Waals surface area (Å²) in [5, 5.41) is 3.65. The maximum atomic E-state index is 12.8. The van der Waals surface area contributed by atoms with Crippen LogP contribution >= 0.6 is 0 Å². The van der Waals surface area contributed by atoms with Crippen LogP contribution in [0, 0.1) is 0 Å². The number of fused-ring (bicyclic) bond motifs is 1. The van der Waals surface area contributed by atoms with Gasteiger partial charge in [-0.2, -0.15) is 0 Å². The van der Waals surface area contributed by atoms with E-state index in [1.165, 1.54) is 0 Å². The lowest BCUT2D eigenvalue weighted by atomic mass is 9.84. The molecule has 2 aliphatic heterocycles. The first-order valence-electron chi connectivity index (χ1n) is 9.54. The van der Waals surface area contributed by atoms with Crippen LogP contribution in [0.5, 0.6) is 0 Å². The highest BCUT2D eigenvalue weighted by molar-refractivity contribution is 5.97. The molecule has 2 aromatic rings. The van der Waals surface area contributed by atoms with Crippen LogP contribution in [-0.4, -0.2) is 49.0 Å². The Bertz CT molecular complexity index is 883. The SMILES string of the molecule is COCc1ccc(C(=O)N2CCC3(CC2)CN(C(C)=O)c2ccccc2N3)o1. The molecule has 2 aliphatic rings. The summed E-state index contributed by atoms with van der Waals surface area (Å²) in [6.07, 6.45) is 1.53. The summed E-state index contributed by atoms with van der Waals surface area (Å²) in [7, 11) is 1.59. The first-order chi connectivity index (χ1) is 13.5. The van der Waals surface area contributed by atoms with Gasteiger partial charge in [-0.05, 0) is 37.1 Å². The number of nitrogens with one attached hydrogen (secondary N) is 1. The average Bonchev–Trinajstić information content (AvgIpc) is 3.16. The van der Waals surface area contributed by atoms with Crippen molar-refractivity contribution < 1.29 is 18.7 Å². The molecule has 7 nitrogen and oxygen atoms in total. The second-order valence-corrected chi connectivity index (χ2v) is 7.52. The van der Waals surface area contributed by atoms with Gasteiger partial charge in [0.25, 0.3) is 5.91 Å². The second kappa shape index (κ2) is 7.31. The number of rotatable bonds is 3. The monoisotopic (exact) mass is 383 g/mol. The number of amides is 2. The van der Waals surface area contributed by atoms with E-state index in [-0.39, 0.29) is 17.4 Å². The molecule has 4 rings (SSSR count). The molecule has 1 aromatic carbocycles. The minimum absolute atomic E-state index is 0.0353. The molecule has 0 aliphatic carbocycles. The fourth-order valence-corrected chi connectivity index (χ4v) is 4.10. The standard InChI is InChI=1S/C21H25N3O4/c1-15(25)24-14-21(22-17-5-3-4-6-18(17)24)9-11-23(12-10-21)20(26)19-8-7-16(28-19)13-27-2/h3-8,22H,9-14H2,1-2H3. The van der Waals surface area contributed by atoms with Crippen molar-refractivity contribution >= 4 is 23.2 Å². The number of methoxy groups -OCH3 is 1. The number of anilines is 2. The zero-order valence-electron chi connectivity index (χ0n) is 16.2. The third kappa shape index (κ3) is 3.38. The highest BCUT2D eigenvalue weighted by Crippen LogP contribution is 2.39. The molecule has 28 heavy (non-hydrogen) atoms. The Kier molecular flexibility index (Phi) is 4.85. The summed E-state index contributed by atoms with van der Waals surface area (Å²) in [5.41, 5.74) is 1.67. The molecule has 1 N–H and O–H groups in total. The van der Waals surface area contributed by atoms with Crippen molar-refractivity contribution in [1.29, 1.82) is 0 Å². The smallest absolute Gasteiger partial charge is 0.289 e. The van der Waals surface area contributed by atoms with Crippen molar-refractivity contribution in [2.24, 2.45) is 0 Å². The van der Waals surface area contributed by atoms with Crippen LogP contribution in [0.2, 0.25) is 0 Å². The van der Waals surface area contributed by atoms with Crippen molar-refractivity contribution in [1.82, 2.24) is 4.90 Å². The molecule has 7 heteroatoms. The fourth-order valence-electron chi connectivity index (χ4n) is 4.10. The minimum Gasteiger partial charge on any atom is -0.453 e. The Morgan fingerprint density at radius 3 is 2.64 bits per heavy atom. The Labute approximate surface area is 164 Å². The number of furan rings is 1. The van der Waals surface area contributed by atoms with E-state index in [1.807, 2.05) is 34.1 Å². The summed E-state index contributed by atoms with van der Waals surface area (Å²) in [6.45, 7) is 3.78. The van der Waals surface area contributed by atoms with Gasteiger partial charge in [0.15, 0.2) is 5.76 Å². The van der Waals surface area contributed by atoms with Crippen LogP contribution in [0.25, 0.3) is 0 Å². The van der Waals surface area contributed by atoms with Gasteiger partial charge < -0.3 is 24.3 Å². The lowest BCUT2D eigenvalue weighted by Crippen LogP contribution is -2.59. The van der Waals surface area contributed by atoms with E-state index >= 15 is 0 Å². The Morgan fingerprint density at radius 1 is 1.18 bits per heavy atom. The largest absolute Gasteiger partial charge is 0.453 e. The molecular formula is C21H25N3O4. The summed E-state index contributed by atoms with van der Waals surface area (Å²) >= 11 is 0. The van der Waals surface area contributed by atoms with Crippen molar-refractivity contribution in [3.05, 3.63) is 47.9 Å². The van der Waals surface area contributed by atoms with E-state index < -0.39 is 0 Å². The molecule has 1 fully saturated rings. The third-order valence-electron chi connectivity index (χ3n) is 5.60. The van der Waals surface area contributed by atoms with Gasteiger partial charge >= 0.3 is 0 Å². The zero-order chi connectivity index (χ0) is 19.7. The molecule has 1 aromatic heterocycles. The number of hydrogen-bond donors (Lipinski definition) is 1. The maximum Gasteiger partial charge on any atom is 0.289 e. The predicted molar refractivity (Wildman–Crippen MR) is 105 cm³/mol. The van der Waals surface area contributed by atoms with E-state index in [2.05, 4.69) is 5.32 Å². The number of nitrogens with zero attached hydrogens (tertiary/aromatic N) is 2. The molecule has 0 atom stereocenters. The summed E-state index contributed by atoms with van der Waals surface area (Å²) < 4.78 is 10.6. The van der Waals surface area contributed by atoms with Gasteiger partial charge in [-0.25, -0.2) is 0 Å². The topological polar surface area (TPSA) is 75.0 Å². The van der Waals surface area contributed by atoms with Crippen LogP contribution in [0.15, 0.2) is 40.8 Å².